The standard InChI is InChI=1S/C14H28N4O2.HI/c1-15-14(16-6-4-8-19-2)17-9-13-10-18-7-3-5-12(18)11-20-13;/h12-13H,3-11H2,1-2H3,(H2,15,16,17);1H. The highest BCUT2D eigenvalue weighted by atomic mass is 127. The van der Waals surface area contributed by atoms with Crippen molar-refractivity contribution < 1.29 is 9.47 Å². The highest BCUT2D eigenvalue weighted by Crippen LogP contribution is 2.22. The van der Waals surface area contributed by atoms with Gasteiger partial charge in [-0.3, -0.25) is 9.89 Å². The van der Waals surface area contributed by atoms with Gasteiger partial charge >= 0.3 is 0 Å². The van der Waals surface area contributed by atoms with Crippen molar-refractivity contribution in [3.63, 3.8) is 0 Å². The predicted octanol–water partition coefficient (Wildman–Crippen LogP) is 0.669. The number of morpholine rings is 1. The molecular formula is C14H29IN4O2. The molecule has 0 spiro atoms. The lowest BCUT2D eigenvalue weighted by molar-refractivity contribution is -0.0453. The molecule has 0 radical (unpaired) electrons. The zero-order valence-electron chi connectivity index (χ0n) is 13.1. The molecule has 2 unspecified atom stereocenters. The average Bonchev–Trinajstić information content (AvgIpc) is 2.94. The quantitative estimate of drug-likeness (QED) is 0.291. The van der Waals surface area contributed by atoms with E-state index in [2.05, 4.69) is 20.5 Å². The number of nitrogens with one attached hydrogen (secondary N) is 2. The smallest absolute Gasteiger partial charge is 0.191 e. The molecular weight excluding hydrogens is 383 g/mol. The molecule has 21 heavy (non-hydrogen) atoms. The molecule has 2 N–H and O–H groups in total. The molecule has 0 aromatic heterocycles. The van der Waals surface area contributed by atoms with Gasteiger partial charge in [0.1, 0.15) is 0 Å². The van der Waals surface area contributed by atoms with Gasteiger partial charge in [-0.1, -0.05) is 0 Å². The van der Waals surface area contributed by atoms with E-state index in [9.17, 15) is 0 Å². The molecule has 0 bridgehead atoms. The number of ether oxygens (including phenoxy) is 2. The van der Waals surface area contributed by atoms with E-state index in [1.807, 2.05) is 0 Å². The van der Waals surface area contributed by atoms with Crippen molar-refractivity contribution in [3.05, 3.63) is 0 Å². The second kappa shape index (κ2) is 10.6. The molecule has 2 saturated heterocycles. The molecule has 0 saturated carbocycles. The monoisotopic (exact) mass is 412 g/mol. The predicted molar refractivity (Wildman–Crippen MR) is 95.6 cm³/mol. The maximum absolute atomic E-state index is 5.92. The maximum Gasteiger partial charge on any atom is 0.191 e. The van der Waals surface area contributed by atoms with Gasteiger partial charge in [-0.25, -0.2) is 0 Å². The van der Waals surface area contributed by atoms with Gasteiger partial charge in [0.15, 0.2) is 5.96 Å². The molecule has 2 fully saturated rings. The highest BCUT2D eigenvalue weighted by Gasteiger charge is 2.31. The van der Waals surface area contributed by atoms with Gasteiger partial charge in [-0.05, 0) is 25.8 Å². The number of nitrogens with zero attached hydrogens (tertiary/aromatic N) is 2. The second-order valence-electron chi connectivity index (χ2n) is 5.47. The van der Waals surface area contributed by atoms with E-state index in [4.69, 9.17) is 9.47 Å². The maximum atomic E-state index is 5.92. The number of hydrogen-bond donors (Lipinski definition) is 2. The van der Waals surface area contributed by atoms with E-state index in [0.717, 1.165) is 45.2 Å². The van der Waals surface area contributed by atoms with E-state index in [1.165, 1.54) is 19.4 Å². The molecule has 0 aromatic rings. The summed E-state index contributed by atoms with van der Waals surface area (Å²) in [5.74, 6) is 0.841. The summed E-state index contributed by atoms with van der Waals surface area (Å²) >= 11 is 0. The minimum atomic E-state index is 0. The molecule has 124 valence electrons. The van der Waals surface area contributed by atoms with Crippen molar-refractivity contribution in [2.45, 2.75) is 31.4 Å². The Morgan fingerprint density at radius 2 is 2.29 bits per heavy atom. The zero-order valence-corrected chi connectivity index (χ0v) is 15.5. The number of guanidine groups is 1. The second-order valence-corrected chi connectivity index (χ2v) is 5.47. The first-order valence-electron chi connectivity index (χ1n) is 7.62. The van der Waals surface area contributed by atoms with Crippen LogP contribution in [0.25, 0.3) is 0 Å². The summed E-state index contributed by atoms with van der Waals surface area (Å²) < 4.78 is 10.9. The van der Waals surface area contributed by atoms with Crippen LogP contribution in [0.5, 0.6) is 0 Å². The van der Waals surface area contributed by atoms with E-state index in [0.29, 0.717) is 6.04 Å². The van der Waals surface area contributed by atoms with Crippen molar-refractivity contribution in [1.29, 1.82) is 0 Å². The summed E-state index contributed by atoms with van der Waals surface area (Å²) in [4.78, 5) is 6.78. The molecule has 0 amide bonds. The van der Waals surface area contributed by atoms with Crippen LogP contribution in [0.2, 0.25) is 0 Å². The van der Waals surface area contributed by atoms with Crippen molar-refractivity contribution in [3.8, 4) is 0 Å². The average molecular weight is 412 g/mol. The van der Waals surface area contributed by atoms with Crippen molar-refractivity contribution in [2.24, 2.45) is 4.99 Å². The van der Waals surface area contributed by atoms with Gasteiger partial charge in [-0.2, -0.15) is 0 Å². The van der Waals surface area contributed by atoms with Crippen molar-refractivity contribution in [1.82, 2.24) is 15.5 Å². The summed E-state index contributed by atoms with van der Waals surface area (Å²) in [5, 5.41) is 6.62. The Morgan fingerprint density at radius 1 is 1.43 bits per heavy atom. The number of aliphatic imine (C=N–C) groups is 1. The molecule has 2 aliphatic rings. The normalized spacial score (nSPS) is 26.1. The van der Waals surface area contributed by atoms with Crippen LogP contribution in [0.3, 0.4) is 0 Å². The number of hydrogen-bond acceptors (Lipinski definition) is 4. The molecule has 0 aromatic carbocycles. The Morgan fingerprint density at radius 3 is 3.05 bits per heavy atom. The Hall–Kier alpha value is -0.120. The first-order valence-corrected chi connectivity index (χ1v) is 7.62. The van der Waals surface area contributed by atoms with Crippen LogP contribution in [0.4, 0.5) is 0 Å². The summed E-state index contributed by atoms with van der Waals surface area (Å²) in [6.45, 7) is 5.60. The minimum Gasteiger partial charge on any atom is -0.385 e. The fourth-order valence-corrected chi connectivity index (χ4v) is 2.86. The summed E-state index contributed by atoms with van der Waals surface area (Å²) in [7, 11) is 3.52. The molecule has 2 aliphatic heterocycles. The molecule has 2 rings (SSSR count). The van der Waals surface area contributed by atoms with Gasteiger partial charge in [0.2, 0.25) is 0 Å². The summed E-state index contributed by atoms with van der Waals surface area (Å²) in [6.07, 6.45) is 3.86. The van der Waals surface area contributed by atoms with Crippen LogP contribution < -0.4 is 10.6 Å². The Kier molecular flexibility index (Phi) is 9.54. The summed E-state index contributed by atoms with van der Waals surface area (Å²) in [6, 6.07) is 0.665. The Balaban J connectivity index is 0.00000220. The zero-order chi connectivity index (χ0) is 14.2. The van der Waals surface area contributed by atoms with Gasteiger partial charge in [0.25, 0.3) is 0 Å². The van der Waals surface area contributed by atoms with Crippen LogP contribution >= 0.6 is 24.0 Å². The number of halogens is 1. The lowest BCUT2D eigenvalue weighted by Crippen LogP contribution is -2.51. The fourth-order valence-electron chi connectivity index (χ4n) is 2.86. The third-order valence-electron chi connectivity index (χ3n) is 4.00. The van der Waals surface area contributed by atoms with E-state index < -0.39 is 0 Å². The molecule has 7 heteroatoms. The highest BCUT2D eigenvalue weighted by molar-refractivity contribution is 14.0. The van der Waals surface area contributed by atoms with Crippen LogP contribution in [0.1, 0.15) is 19.3 Å². The van der Waals surface area contributed by atoms with Crippen molar-refractivity contribution in [2.75, 3.05) is 53.6 Å². The third kappa shape index (κ3) is 6.25. The molecule has 6 nitrogen and oxygen atoms in total. The lowest BCUT2D eigenvalue weighted by atomic mass is 10.2. The molecule has 2 heterocycles. The van der Waals surface area contributed by atoms with Crippen LogP contribution in [-0.2, 0) is 9.47 Å². The van der Waals surface area contributed by atoms with Gasteiger partial charge in [0.05, 0.1) is 12.7 Å². The minimum absolute atomic E-state index is 0. The number of fused-ring (bicyclic) bond motifs is 1. The van der Waals surface area contributed by atoms with Gasteiger partial charge < -0.3 is 20.1 Å². The topological polar surface area (TPSA) is 58.1 Å². The number of methoxy groups -OCH3 is 1. The largest absolute Gasteiger partial charge is 0.385 e. The molecule has 0 aliphatic carbocycles. The molecule has 2 atom stereocenters. The van der Waals surface area contributed by atoms with Crippen LogP contribution in [0, 0.1) is 0 Å². The van der Waals surface area contributed by atoms with Crippen molar-refractivity contribution >= 4 is 29.9 Å². The van der Waals surface area contributed by atoms with Gasteiger partial charge in [-0.15, -0.1) is 24.0 Å². The Bertz CT molecular complexity index is 317. The SMILES string of the molecule is CN=C(NCCCOC)NCC1CN2CCCC2CO1.I. The number of rotatable bonds is 6. The van der Waals surface area contributed by atoms with Gasteiger partial charge in [0, 0.05) is 46.4 Å². The van der Waals surface area contributed by atoms with Crippen LogP contribution in [0.15, 0.2) is 4.99 Å². The van der Waals surface area contributed by atoms with E-state index >= 15 is 0 Å². The third-order valence-corrected chi connectivity index (χ3v) is 4.00. The summed E-state index contributed by atoms with van der Waals surface area (Å²) in [5.41, 5.74) is 0. The lowest BCUT2D eigenvalue weighted by Gasteiger charge is -2.35. The Labute approximate surface area is 145 Å². The van der Waals surface area contributed by atoms with Crippen LogP contribution in [-0.4, -0.2) is 76.6 Å². The fraction of sp³-hybridized carbons (Fsp3) is 0.929. The van der Waals surface area contributed by atoms with E-state index in [-0.39, 0.29) is 30.1 Å². The first kappa shape index (κ1) is 18.9. The first-order chi connectivity index (χ1) is 9.83. The van der Waals surface area contributed by atoms with E-state index in [1.54, 1.807) is 14.2 Å².